The minimum Gasteiger partial charge on any atom is -0.482 e. The van der Waals surface area contributed by atoms with Gasteiger partial charge in [0.25, 0.3) is 5.91 Å². The van der Waals surface area contributed by atoms with E-state index in [-0.39, 0.29) is 34.2 Å². The van der Waals surface area contributed by atoms with Crippen molar-refractivity contribution >= 4 is 33.2 Å². The van der Waals surface area contributed by atoms with Gasteiger partial charge in [0.15, 0.2) is 6.61 Å². The van der Waals surface area contributed by atoms with Gasteiger partial charge in [0.05, 0.1) is 9.92 Å². The number of aryl methyl sites for hydroxylation is 2. The Labute approximate surface area is 183 Å². The van der Waals surface area contributed by atoms with Crippen molar-refractivity contribution in [3.8, 4) is 5.75 Å². The summed E-state index contributed by atoms with van der Waals surface area (Å²) >= 11 is 6.22. The zero-order chi connectivity index (χ0) is 21.7. The van der Waals surface area contributed by atoms with Gasteiger partial charge in [-0.15, -0.1) is 0 Å². The number of benzene rings is 2. The van der Waals surface area contributed by atoms with Crippen LogP contribution in [0.25, 0.3) is 0 Å². The molecule has 2 aromatic carbocycles. The van der Waals surface area contributed by atoms with Crippen LogP contribution in [0.15, 0.2) is 41.3 Å². The van der Waals surface area contributed by atoms with Crippen molar-refractivity contribution in [3.63, 3.8) is 0 Å². The molecule has 8 heteroatoms. The van der Waals surface area contributed by atoms with Crippen molar-refractivity contribution in [2.24, 2.45) is 0 Å². The normalized spacial score (nSPS) is 15.0. The highest BCUT2D eigenvalue weighted by Crippen LogP contribution is 2.28. The molecule has 2 N–H and O–H groups in total. The molecule has 0 spiro atoms. The van der Waals surface area contributed by atoms with Crippen LogP contribution in [-0.2, 0) is 14.8 Å². The van der Waals surface area contributed by atoms with Crippen LogP contribution < -0.4 is 14.8 Å². The number of hydrogen-bond donors (Lipinski definition) is 2. The second kappa shape index (κ2) is 9.81. The average molecular weight is 451 g/mol. The van der Waals surface area contributed by atoms with E-state index in [4.69, 9.17) is 16.3 Å². The maximum atomic E-state index is 12.6. The first kappa shape index (κ1) is 22.6. The van der Waals surface area contributed by atoms with E-state index < -0.39 is 10.0 Å². The van der Waals surface area contributed by atoms with E-state index in [1.165, 1.54) is 18.2 Å². The molecule has 0 bridgehead atoms. The van der Waals surface area contributed by atoms with Gasteiger partial charge in [0, 0.05) is 11.7 Å². The summed E-state index contributed by atoms with van der Waals surface area (Å²) in [7, 11) is -3.65. The Morgan fingerprint density at radius 3 is 2.53 bits per heavy atom. The van der Waals surface area contributed by atoms with Gasteiger partial charge in [0.2, 0.25) is 10.0 Å². The number of sulfonamides is 1. The fourth-order valence-electron chi connectivity index (χ4n) is 3.47. The predicted octanol–water partition coefficient (Wildman–Crippen LogP) is 4.59. The highest BCUT2D eigenvalue weighted by atomic mass is 35.5. The largest absolute Gasteiger partial charge is 0.482 e. The summed E-state index contributed by atoms with van der Waals surface area (Å²) in [6, 6.07) is 10.0. The van der Waals surface area contributed by atoms with Gasteiger partial charge in [-0.2, -0.15) is 0 Å². The Bertz CT molecular complexity index is 1020. The van der Waals surface area contributed by atoms with Crippen LogP contribution in [0.1, 0.15) is 43.2 Å². The minimum atomic E-state index is -3.65. The van der Waals surface area contributed by atoms with Gasteiger partial charge in [-0.05, 0) is 62.1 Å². The summed E-state index contributed by atoms with van der Waals surface area (Å²) < 4.78 is 33.5. The first-order valence-corrected chi connectivity index (χ1v) is 11.9. The molecule has 0 saturated heterocycles. The number of rotatable bonds is 7. The number of ether oxygens (including phenoxy) is 1. The summed E-state index contributed by atoms with van der Waals surface area (Å²) in [4.78, 5) is 12.3. The number of amides is 1. The minimum absolute atomic E-state index is 0.0350. The first-order valence-electron chi connectivity index (χ1n) is 10.1. The summed E-state index contributed by atoms with van der Waals surface area (Å²) in [5.41, 5.74) is 2.72. The molecule has 6 nitrogen and oxygen atoms in total. The molecule has 1 fully saturated rings. The van der Waals surface area contributed by atoms with Crippen molar-refractivity contribution in [1.29, 1.82) is 0 Å². The lowest BCUT2D eigenvalue weighted by Gasteiger charge is -2.22. The van der Waals surface area contributed by atoms with Crippen LogP contribution in [0.5, 0.6) is 5.75 Å². The highest BCUT2D eigenvalue weighted by Gasteiger charge is 2.22. The number of anilines is 1. The lowest BCUT2D eigenvalue weighted by atomic mass is 9.96. The quantitative estimate of drug-likeness (QED) is 0.646. The van der Waals surface area contributed by atoms with E-state index in [1.54, 1.807) is 0 Å². The zero-order valence-corrected chi connectivity index (χ0v) is 18.8. The smallest absolute Gasteiger partial charge is 0.262 e. The van der Waals surface area contributed by atoms with Crippen LogP contribution in [0.3, 0.4) is 0 Å². The van der Waals surface area contributed by atoms with E-state index in [2.05, 4.69) is 10.0 Å². The third kappa shape index (κ3) is 5.97. The van der Waals surface area contributed by atoms with Crippen molar-refractivity contribution in [2.75, 3.05) is 11.9 Å². The Morgan fingerprint density at radius 2 is 1.83 bits per heavy atom. The summed E-state index contributed by atoms with van der Waals surface area (Å²) in [5.74, 6) is -0.0696. The number of nitrogens with one attached hydrogen (secondary N) is 2. The number of carbonyl (C=O) groups excluding carboxylic acids is 1. The third-order valence-electron chi connectivity index (χ3n) is 5.17. The van der Waals surface area contributed by atoms with E-state index in [9.17, 15) is 13.2 Å². The molecule has 0 heterocycles. The van der Waals surface area contributed by atoms with E-state index in [0.29, 0.717) is 0 Å². The second-order valence-electron chi connectivity index (χ2n) is 7.70. The van der Waals surface area contributed by atoms with Crippen molar-refractivity contribution in [3.05, 3.63) is 52.5 Å². The molecule has 30 heavy (non-hydrogen) atoms. The van der Waals surface area contributed by atoms with Crippen LogP contribution in [-0.4, -0.2) is 27.0 Å². The fraction of sp³-hybridized carbons (Fsp3) is 0.409. The summed E-state index contributed by atoms with van der Waals surface area (Å²) in [5, 5.41) is 2.95. The molecule has 0 aliphatic heterocycles. The highest BCUT2D eigenvalue weighted by molar-refractivity contribution is 7.89. The molecule has 0 aromatic heterocycles. The molecular formula is C22H27ClN2O4S. The maximum absolute atomic E-state index is 12.6. The van der Waals surface area contributed by atoms with Crippen LogP contribution in [0, 0.1) is 13.8 Å². The number of carbonyl (C=O) groups is 1. The van der Waals surface area contributed by atoms with E-state index in [1.807, 2.05) is 32.0 Å². The van der Waals surface area contributed by atoms with Gasteiger partial charge >= 0.3 is 0 Å². The van der Waals surface area contributed by atoms with Gasteiger partial charge in [-0.25, -0.2) is 13.1 Å². The standard InChI is InChI=1S/C22H27ClN2O4S/c1-15-8-9-16(2)20(12-15)24-22(26)14-29-21-11-10-18(13-19(21)23)30(27,28)25-17-6-4-3-5-7-17/h8-13,17,25H,3-7,14H2,1-2H3,(H,24,26). The molecule has 1 saturated carbocycles. The van der Waals surface area contributed by atoms with Gasteiger partial charge in [-0.3, -0.25) is 4.79 Å². The lowest BCUT2D eigenvalue weighted by Crippen LogP contribution is -2.36. The monoisotopic (exact) mass is 450 g/mol. The topological polar surface area (TPSA) is 84.5 Å². The Morgan fingerprint density at radius 1 is 1.10 bits per heavy atom. The maximum Gasteiger partial charge on any atom is 0.262 e. The van der Waals surface area contributed by atoms with Gasteiger partial charge in [-0.1, -0.05) is 43.0 Å². The molecule has 162 valence electrons. The van der Waals surface area contributed by atoms with Crippen molar-refractivity contribution < 1.29 is 17.9 Å². The number of hydrogen-bond acceptors (Lipinski definition) is 4. The third-order valence-corrected chi connectivity index (χ3v) is 6.98. The molecule has 0 unspecified atom stereocenters. The predicted molar refractivity (Wildman–Crippen MR) is 119 cm³/mol. The molecular weight excluding hydrogens is 424 g/mol. The Hall–Kier alpha value is -2.09. The van der Waals surface area contributed by atoms with Gasteiger partial charge < -0.3 is 10.1 Å². The van der Waals surface area contributed by atoms with E-state index >= 15 is 0 Å². The molecule has 2 aromatic rings. The zero-order valence-electron chi connectivity index (χ0n) is 17.2. The van der Waals surface area contributed by atoms with Gasteiger partial charge in [0.1, 0.15) is 5.75 Å². The lowest BCUT2D eigenvalue weighted by molar-refractivity contribution is -0.118. The molecule has 0 radical (unpaired) electrons. The Kier molecular flexibility index (Phi) is 7.39. The second-order valence-corrected chi connectivity index (χ2v) is 9.82. The van der Waals surface area contributed by atoms with Crippen LogP contribution in [0.2, 0.25) is 5.02 Å². The van der Waals surface area contributed by atoms with Crippen molar-refractivity contribution in [1.82, 2.24) is 4.72 Å². The summed E-state index contributed by atoms with van der Waals surface area (Å²) in [6.45, 7) is 3.62. The van der Waals surface area contributed by atoms with Crippen LogP contribution >= 0.6 is 11.6 Å². The summed E-state index contributed by atoms with van der Waals surface area (Å²) in [6.07, 6.45) is 4.91. The van der Waals surface area contributed by atoms with Crippen molar-refractivity contribution in [2.45, 2.75) is 56.9 Å². The molecule has 1 aliphatic carbocycles. The molecule has 3 rings (SSSR count). The molecule has 0 atom stereocenters. The SMILES string of the molecule is Cc1ccc(C)c(NC(=O)COc2ccc(S(=O)(=O)NC3CCCCC3)cc2Cl)c1. The van der Waals surface area contributed by atoms with E-state index in [0.717, 1.165) is 48.9 Å². The average Bonchev–Trinajstić information content (AvgIpc) is 2.70. The number of halogens is 1. The van der Waals surface area contributed by atoms with Crippen LogP contribution in [0.4, 0.5) is 5.69 Å². The fourth-order valence-corrected chi connectivity index (χ4v) is 5.10. The molecule has 1 aliphatic rings. The molecule has 1 amide bonds. The Balaban J connectivity index is 1.61. The first-order chi connectivity index (χ1) is 14.2.